The van der Waals surface area contributed by atoms with Crippen molar-refractivity contribution in [2.24, 2.45) is 11.7 Å². The number of hydrogen-bond donors (Lipinski definition) is 2. The van der Waals surface area contributed by atoms with Crippen LogP contribution < -0.4 is 11.1 Å². The van der Waals surface area contributed by atoms with E-state index in [1.165, 1.54) is 12.1 Å². The summed E-state index contributed by atoms with van der Waals surface area (Å²) < 4.78 is 29.7. The van der Waals surface area contributed by atoms with Crippen LogP contribution in [-0.4, -0.2) is 11.4 Å². The zero-order valence-electron chi connectivity index (χ0n) is 20.0. The van der Waals surface area contributed by atoms with Crippen LogP contribution in [0.25, 0.3) is 16.7 Å². The molecule has 1 aliphatic rings. The van der Waals surface area contributed by atoms with Crippen LogP contribution in [0.2, 0.25) is 5.02 Å². The van der Waals surface area contributed by atoms with Crippen molar-refractivity contribution in [1.82, 2.24) is 0 Å². The molecule has 3 atom stereocenters. The summed E-state index contributed by atoms with van der Waals surface area (Å²) in [6.45, 7) is 13.8. The molecule has 3 aromatic rings. The standard InChI is InChI=1S/C29H28Cl2F2N2/c1-15-10-19(12-20(30)11-15)27-26(29(27,5)31)18(4)35-21-7-6-16(2)23(13-21)22-8-9-24(32)25(28(22)33)17(3)14-34/h6-13,26-27,35H,3-4,14,34H2,1-2,5H3. The van der Waals surface area contributed by atoms with Crippen molar-refractivity contribution in [2.45, 2.75) is 31.6 Å². The van der Waals surface area contributed by atoms with E-state index in [0.717, 1.165) is 28.1 Å². The number of halogens is 4. The lowest BCUT2D eigenvalue weighted by atomic mass is 9.95. The number of nitrogens with one attached hydrogen (secondary N) is 1. The first-order valence-corrected chi connectivity index (χ1v) is 12.1. The summed E-state index contributed by atoms with van der Waals surface area (Å²) in [5, 5.41) is 4.04. The zero-order valence-corrected chi connectivity index (χ0v) is 21.5. The molecule has 0 heterocycles. The Hall–Kier alpha value is -2.66. The maximum atomic E-state index is 15.4. The van der Waals surface area contributed by atoms with Crippen LogP contribution in [0.3, 0.4) is 0 Å². The van der Waals surface area contributed by atoms with Gasteiger partial charge in [0.1, 0.15) is 11.6 Å². The topological polar surface area (TPSA) is 38.0 Å². The SMILES string of the molecule is C=C(CN)c1c(F)ccc(-c2cc(NC(=C)C3C(c4cc(C)cc(Cl)c4)C3(C)Cl)ccc2C)c1F. The van der Waals surface area contributed by atoms with Gasteiger partial charge in [0.05, 0.1) is 10.4 Å². The molecule has 0 aliphatic heterocycles. The Morgan fingerprint density at radius 3 is 2.43 bits per heavy atom. The Labute approximate surface area is 215 Å². The molecular formula is C29H28Cl2F2N2. The molecule has 4 rings (SSSR count). The summed E-state index contributed by atoms with van der Waals surface area (Å²) in [4.78, 5) is -0.505. The first-order valence-electron chi connectivity index (χ1n) is 11.3. The Kier molecular flexibility index (Phi) is 6.85. The van der Waals surface area contributed by atoms with Crippen LogP contribution in [0, 0.1) is 31.4 Å². The number of anilines is 1. The maximum Gasteiger partial charge on any atom is 0.141 e. The van der Waals surface area contributed by atoms with Gasteiger partial charge in [-0.3, -0.25) is 0 Å². The van der Waals surface area contributed by atoms with E-state index in [2.05, 4.69) is 24.5 Å². The molecule has 2 nitrogen and oxygen atoms in total. The molecule has 0 amide bonds. The molecule has 0 bridgehead atoms. The number of benzene rings is 3. The average molecular weight is 513 g/mol. The molecule has 182 valence electrons. The molecule has 0 saturated heterocycles. The van der Waals surface area contributed by atoms with E-state index in [-0.39, 0.29) is 35.1 Å². The highest BCUT2D eigenvalue weighted by Crippen LogP contribution is 2.64. The van der Waals surface area contributed by atoms with Crippen LogP contribution in [0.4, 0.5) is 14.5 Å². The predicted molar refractivity (Wildman–Crippen MR) is 144 cm³/mol. The third-order valence-electron chi connectivity index (χ3n) is 6.76. The lowest BCUT2D eigenvalue weighted by molar-refractivity contribution is 0.578. The fraction of sp³-hybridized carbons (Fsp3) is 0.241. The van der Waals surface area contributed by atoms with Gasteiger partial charge in [-0.1, -0.05) is 36.9 Å². The highest BCUT2D eigenvalue weighted by Gasteiger charge is 2.62. The largest absolute Gasteiger partial charge is 0.359 e. The molecule has 0 radical (unpaired) electrons. The van der Waals surface area contributed by atoms with E-state index >= 15 is 4.39 Å². The van der Waals surface area contributed by atoms with Gasteiger partial charge in [0.2, 0.25) is 0 Å². The van der Waals surface area contributed by atoms with Gasteiger partial charge in [0, 0.05) is 40.4 Å². The van der Waals surface area contributed by atoms with Gasteiger partial charge in [-0.25, -0.2) is 8.78 Å². The van der Waals surface area contributed by atoms with E-state index in [4.69, 9.17) is 28.9 Å². The lowest BCUT2D eigenvalue weighted by Gasteiger charge is -2.16. The first kappa shape index (κ1) is 25.4. The van der Waals surface area contributed by atoms with Crippen molar-refractivity contribution in [3.8, 4) is 11.1 Å². The number of allylic oxidation sites excluding steroid dienone is 1. The summed E-state index contributed by atoms with van der Waals surface area (Å²) in [6.07, 6.45) is 0. The number of alkyl halides is 1. The molecule has 1 aliphatic carbocycles. The number of rotatable bonds is 7. The number of hydrogen-bond acceptors (Lipinski definition) is 2. The molecular weight excluding hydrogens is 485 g/mol. The second kappa shape index (κ2) is 9.42. The van der Waals surface area contributed by atoms with Gasteiger partial charge < -0.3 is 11.1 Å². The molecule has 1 saturated carbocycles. The molecule has 0 aromatic heterocycles. The Morgan fingerprint density at radius 1 is 1.06 bits per heavy atom. The minimum absolute atomic E-state index is 0.0196. The summed E-state index contributed by atoms with van der Waals surface area (Å²) in [5.74, 6) is -1.31. The van der Waals surface area contributed by atoms with E-state index in [0.29, 0.717) is 10.6 Å². The molecule has 0 spiro atoms. The number of aryl methyl sites for hydroxylation is 2. The monoisotopic (exact) mass is 512 g/mol. The normalized spacial score (nSPS) is 21.0. The van der Waals surface area contributed by atoms with Crippen molar-refractivity contribution in [2.75, 3.05) is 11.9 Å². The fourth-order valence-corrected chi connectivity index (χ4v) is 5.67. The minimum atomic E-state index is -0.681. The van der Waals surface area contributed by atoms with Crippen LogP contribution in [0.1, 0.15) is 35.1 Å². The van der Waals surface area contributed by atoms with Gasteiger partial charge in [-0.05, 0) is 85.0 Å². The van der Waals surface area contributed by atoms with Crippen molar-refractivity contribution in [3.05, 3.63) is 106 Å². The van der Waals surface area contributed by atoms with E-state index in [1.807, 2.05) is 51.1 Å². The molecule has 3 N–H and O–H groups in total. The summed E-state index contributed by atoms with van der Waals surface area (Å²) >= 11 is 13.2. The Bertz CT molecular complexity index is 1330. The minimum Gasteiger partial charge on any atom is -0.359 e. The summed E-state index contributed by atoms with van der Waals surface area (Å²) in [7, 11) is 0. The third-order valence-corrected chi connectivity index (χ3v) is 7.45. The quantitative estimate of drug-likeness (QED) is 0.313. The van der Waals surface area contributed by atoms with Gasteiger partial charge in [0.15, 0.2) is 0 Å². The smallest absolute Gasteiger partial charge is 0.141 e. The zero-order chi connectivity index (χ0) is 25.7. The van der Waals surface area contributed by atoms with Crippen LogP contribution >= 0.6 is 23.2 Å². The van der Waals surface area contributed by atoms with E-state index in [1.54, 1.807) is 0 Å². The predicted octanol–water partition coefficient (Wildman–Crippen LogP) is 8.21. The van der Waals surface area contributed by atoms with Gasteiger partial charge in [0.25, 0.3) is 0 Å². The van der Waals surface area contributed by atoms with Crippen molar-refractivity contribution in [1.29, 1.82) is 0 Å². The second-order valence-corrected chi connectivity index (χ2v) is 10.7. The highest BCUT2D eigenvalue weighted by atomic mass is 35.5. The maximum absolute atomic E-state index is 15.4. The Morgan fingerprint density at radius 2 is 1.77 bits per heavy atom. The first-order chi connectivity index (χ1) is 16.4. The lowest BCUT2D eigenvalue weighted by Crippen LogP contribution is -2.07. The van der Waals surface area contributed by atoms with Gasteiger partial charge in [-0.2, -0.15) is 0 Å². The fourth-order valence-electron chi connectivity index (χ4n) is 4.93. The molecule has 6 heteroatoms. The van der Waals surface area contributed by atoms with Crippen LogP contribution in [0.5, 0.6) is 0 Å². The van der Waals surface area contributed by atoms with Gasteiger partial charge >= 0.3 is 0 Å². The highest BCUT2D eigenvalue weighted by molar-refractivity contribution is 6.31. The van der Waals surface area contributed by atoms with Crippen LogP contribution in [0.15, 0.2) is 67.4 Å². The van der Waals surface area contributed by atoms with Crippen molar-refractivity contribution in [3.63, 3.8) is 0 Å². The average Bonchev–Trinajstić information content (AvgIpc) is 3.36. The molecule has 3 unspecified atom stereocenters. The second-order valence-electron chi connectivity index (χ2n) is 9.44. The van der Waals surface area contributed by atoms with Crippen molar-refractivity contribution >= 4 is 34.5 Å². The van der Waals surface area contributed by atoms with E-state index in [9.17, 15) is 4.39 Å². The van der Waals surface area contributed by atoms with Crippen LogP contribution in [-0.2, 0) is 0 Å². The summed E-state index contributed by atoms with van der Waals surface area (Å²) in [6, 6.07) is 14.3. The van der Waals surface area contributed by atoms with Gasteiger partial charge in [-0.15, -0.1) is 11.6 Å². The molecule has 3 aromatic carbocycles. The molecule has 1 fully saturated rings. The van der Waals surface area contributed by atoms with Crippen molar-refractivity contribution < 1.29 is 8.78 Å². The Balaban J connectivity index is 1.63. The molecule has 35 heavy (non-hydrogen) atoms. The van der Waals surface area contributed by atoms with E-state index < -0.39 is 16.5 Å². The summed E-state index contributed by atoms with van der Waals surface area (Å²) in [5.41, 5.74) is 11.0. The third kappa shape index (κ3) is 4.75. The number of nitrogens with two attached hydrogens (primary N) is 1.